The molecule has 1 aromatic rings. The van der Waals surface area contributed by atoms with Crippen LogP contribution in [0.1, 0.15) is 35.5 Å². The number of fused-ring (bicyclic) bond motifs is 1. The first-order valence-electron chi connectivity index (χ1n) is 9.05. The van der Waals surface area contributed by atoms with E-state index in [9.17, 15) is 4.79 Å². The second-order valence-electron chi connectivity index (χ2n) is 8.59. The van der Waals surface area contributed by atoms with Crippen molar-refractivity contribution < 1.29 is 9.53 Å². The molecule has 1 aromatic heterocycles. The Morgan fingerprint density at radius 2 is 2.12 bits per heavy atom. The third kappa shape index (κ3) is 2.61. The van der Waals surface area contributed by atoms with E-state index in [1.807, 2.05) is 12.3 Å². The Balaban J connectivity index is 1.52. The standard InChI is InChI=1S/C19H28N2O2S/c1-14-4-9-24-16(14)17(22)21-10-15-18(2,3)11-19(15,13-21)12-20-5-7-23-8-6-20/h4,9,15H,5-8,10-13H2,1-3H3/t15-,19+/m1/s1. The molecule has 3 heterocycles. The molecule has 0 bridgehead atoms. The van der Waals surface area contributed by atoms with Gasteiger partial charge in [0.05, 0.1) is 18.1 Å². The summed E-state index contributed by atoms with van der Waals surface area (Å²) in [6.07, 6.45) is 1.23. The topological polar surface area (TPSA) is 32.8 Å². The molecule has 132 valence electrons. The summed E-state index contributed by atoms with van der Waals surface area (Å²) in [6.45, 7) is 13.5. The van der Waals surface area contributed by atoms with Crippen LogP contribution in [-0.4, -0.2) is 61.6 Å². The summed E-state index contributed by atoms with van der Waals surface area (Å²) in [6, 6.07) is 2.05. The molecule has 4 rings (SSSR count). The molecule has 0 aromatic carbocycles. The summed E-state index contributed by atoms with van der Waals surface area (Å²) in [7, 11) is 0. The molecule has 1 aliphatic carbocycles. The van der Waals surface area contributed by atoms with Gasteiger partial charge in [-0.2, -0.15) is 0 Å². The van der Waals surface area contributed by atoms with E-state index in [1.165, 1.54) is 6.42 Å². The van der Waals surface area contributed by atoms with E-state index in [1.54, 1.807) is 11.3 Å². The molecule has 1 saturated carbocycles. The van der Waals surface area contributed by atoms with E-state index >= 15 is 0 Å². The van der Waals surface area contributed by atoms with Crippen molar-refractivity contribution in [1.29, 1.82) is 0 Å². The number of morpholine rings is 1. The number of nitrogens with zero attached hydrogens (tertiary/aromatic N) is 2. The molecule has 0 N–H and O–H groups in total. The molecule has 2 saturated heterocycles. The van der Waals surface area contributed by atoms with Gasteiger partial charge in [-0.1, -0.05) is 13.8 Å². The van der Waals surface area contributed by atoms with Gasteiger partial charge < -0.3 is 9.64 Å². The first-order valence-corrected chi connectivity index (χ1v) is 9.93. The summed E-state index contributed by atoms with van der Waals surface area (Å²) in [5, 5.41) is 2.03. The minimum Gasteiger partial charge on any atom is -0.379 e. The number of thiophene rings is 1. The maximum atomic E-state index is 13.0. The van der Waals surface area contributed by atoms with Crippen LogP contribution in [0, 0.1) is 23.7 Å². The predicted molar refractivity (Wildman–Crippen MR) is 96.5 cm³/mol. The van der Waals surface area contributed by atoms with Gasteiger partial charge in [-0.05, 0) is 41.7 Å². The number of carbonyl (C=O) groups excluding carboxylic acids is 1. The average molecular weight is 349 g/mol. The molecule has 2 atom stereocenters. The van der Waals surface area contributed by atoms with Gasteiger partial charge >= 0.3 is 0 Å². The molecule has 0 radical (unpaired) electrons. The Bertz CT molecular complexity index is 635. The fraction of sp³-hybridized carbons (Fsp3) is 0.737. The second kappa shape index (κ2) is 5.82. The first-order chi connectivity index (χ1) is 11.4. The molecule has 0 spiro atoms. The van der Waals surface area contributed by atoms with Gasteiger partial charge in [-0.25, -0.2) is 0 Å². The largest absolute Gasteiger partial charge is 0.379 e. The summed E-state index contributed by atoms with van der Waals surface area (Å²) >= 11 is 1.58. The van der Waals surface area contributed by atoms with Gasteiger partial charge in [0.1, 0.15) is 0 Å². The van der Waals surface area contributed by atoms with Crippen molar-refractivity contribution in [3.8, 4) is 0 Å². The Hall–Kier alpha value is -0.910. The normalized spacial score (nSPS) is 32.5. The SMILES string of the molecule is Cc1ccsc1C(=O)N1C[C@@H]2C(C)(C)C[C@]2(CN2CCOCC2)C1. The van der Waals surface area contributed by atoms with Crippen molar-refractivity contribution in [2.45, 2.75) is 27.2 Å². The highest BCUT2D eigenvalue weighted by atomic mass is 32.1. The van der Waals surface area contributed by atoms with E-state index in [-0.39, 0.29) is 5.91 Å². The van der Waals surface area contributed by atoms with Crippen molar-refractivity contribution >= 4 is 17.2 Å². The van der Waals surface area contributed by atoms with E-state index < -0.39 is 0 Å². The van der Waals surface area contributed by atoms with Crippen LogP contribution >= 0.6 is 11.3 Å². The highest BCUT2D eigenvalue weighted by molar-refractivity contribution is 7.12. The van der Waals surface area contributed by atoms with Crippen LogP contribution in [0.2, 0.25) is 0 Å². The fourth-order valence-electron chi connectivity index (χ4n) is 5.43. The van der Waals surface area contributed by atoms with Gasteiger partial charge in [0.25, 0.3) is 5.91 Å². The van der Waals surface area contributed by atoms with Crippen molar-refractivity contribution in [1.82, 2.24) is 9.80 Å². The molecule has 3 fully saturated rings. The molecule has 2 aliphatic heterocycles. The predicted octanol–water partition coefficient (Wildman–Crippen LogP) is 2.88. The maximum Gasteiger partial charge on any atom is 0.264 e. The fourth-order valence-corrected chi connectivity index (χ4v) is 6.33. The van der Waals surface area contributed by atoms with Crippen LogP contribution in [0.5, 0.6) is 0 Å². The minimum absolute atomic E-state index is 0.244. The van der Waals surface area contributed by atoms with Crippen molar-refractivity contribution in [2.75, 3.05) is 45.9 Å². The van der Waals surface area contributed by atoms with Gasteiger partial charge in [0.15, 0.2) is 0 Å². The quantitative estimate of drug-likeness (QED) is 0.842. The van der Waals surface area contributed by atoms with Crippen LogP contribution in [0.4, 0.5) is 0 Å². The second-order valence-corrected chi connectivity index (χ2v) is 9.50. The summed E-state index contributed by atoms with van der Waals surface area (Å²) in [5.74, 6) is 0.867. The Kier molecular flexibility index (Phi) is 4.01. The summed E-state index contributed by atoms with van der Waals surface area (Å²) in [4.78, 5) is 18.6. The molecule has 1 amide bonds. The summed E-state index contributed by atoms with van der Waals surface area (Å²) in [5.41, 5.74) is 1.76. The molecular formula is C19H28N2O2S. The Morgan fingerprint density at radius 3 is 2.75 bits per heavy atom. The number of likely N-dealkylation sites (tertiary alicyclic amines) is 1. The monoisotopic (exact) mass is 348 g/mol. The van der Waals surface area contributed by atoms with Crippen LogP contribution < -0.4 is 0 Å². The van der Waals surface area contributed by atoms with E-state index in [2.05, 4.69) is 29.7 Å². The Morgan fingerprint density at radius 1 is 1.38 bits per heavy atom. The highest BCUT2D eigenvalue weighted by Gasteiger charge is 2.63. The lowest BCUT2D eigenvalue weighted by atomic mass is 9.48. The number of amides is 1. The number of rotatable bonds is 3. The lowest BCUT2D eigenvalue weighted by molar-refractivity contribution is -0.0966. The van der Waals surface area contributed by atoms with Crippen LogP contribution in [0.25, 0.3) is 0 Å². The zero-order valence-corrected chi connectivity index (χ0v) is 15.8. The molecular weight excluding hydrogens is 320 g/mol. The van der Waals surface area contributed by atoms with E-state index in [4.69, 9.17) is 4.74 Å². The third-order valence-corrected chi connectivity index (χ3v) is 7.39. The smallest absolute Gasteiger partial charge is 0.264 e. The number of aryl methyl sites for hydroxylation is 1. The maximum absolute atomic E-state index is 13.0. The number of hydrogen-bond acceptors (Lipinski definition) is 4. The number of carbonyl (C=O) groups is 1. The molecule has 5 heteroatoms. The Labute approximate surface area is 148 Å². The molecule has 0 unspecified atom stereocenters. The number of ether oxygens (including phenoxy) is 1. The van der Waals surface area contributed by atoms with E-state index in [0.717, 1.165) is 56.4 Å². The first kappa shape index (κ1) is 16.6. The zero-order valence-electron chi connectivity index (χ0n) is 15.0. The van der Waals surface area contributed by atoms with Gasteiger partial charge in [-0.3, -0.25) is 9.69 Å². The lowest BCUT2D eigenvalue weighted by Gasteiger charge is -2.58. The third-order valence-electron chi connectivity index (χ3n) is 6.38. The summed E-state index contributed by atoms with van der Waals surface area (Å²) < 4.78 is 5.50. The minimum atomic E-state index is 0.244. The van der Waals surface area contributed by atoms with Crippen LogP contribution in [0.3, 0.4) is 0 Å². The molecule has 3 aliphatic rings. The lowest BCUT2D eigenvalue weighted by Crippen LogP contribution is -2.59. The van der Waals surface area contributed by atoms with Crippen molar-refractivity contribution in [2.24, 2.45) is 16.7 Å². The average Bonchev–Trinajstić information content (AvgIpc) is 3.09. The van der Waals surface area contributed by atoms with Crippen LogP contribution in [-0.2, 0) is 4.74 Å². The highest BCUT2D eigenvalue weighted by Crippen LogP contribution is 2.63. The van der Waals surface area contributed by atoms with Crippen molar-refractivity contribution in [3.63, 3.8) is 0 Å². The van der Waals surface area contributed by atoms with Gasteiger partial charge in [0.2, 0.25) is 0 Å². The molecule has 24 heavy (non-hydrogen) atoms. The zero-order chi connectivity index (χ0) is 16.9. The van der Waals surface area contributed by atoms with Gasteiger partial charge in [-0.15, -0.1) is 11.3 Å². The van der Waals surface area contributed by atoms with E-state index in [0.29, 0.717) is 16.7 Å². The van der Waals surface area contributed by atoms with Gasteiger partial charge in [0, 0.05) is 38.1 Å². The van der Waals surface area contributed by atoms with Crippen molar-refractivity contribution in [3.05, 3.63) is 21.9 Å². The van der Waals surface area contributed by atoms with Crippen LogP contribution in [0.15, 0.2) is 11.4 Å². The number of hydrogen-bond donors (Lipinski definition) is 0. The molecule has 4 nitrogen and oxygen atoms in total.